The van der Waals surface area contributed by atoms with Gasteiger partial charge in [-0.15, -0.1) is 10.2 Å². The van der Waals surface area contributed by atoms with Crippen LogP contribution in [0.4, 0.5) is 5.69 Å². The second-order valence-corrected chi connectivity index (χ2v) is 5.37. The Hall–Kier alpha value is -2.67. The van der Waals surface area contributed by atoms with E-state index in [0.29, 0.717) is 27.3 Å². The molecule has 0 unspecified atom stereocenters. The Morgan fingerprint density at radius 1 is 1.18 bits per heavy atom. The topological polar surface area (TPSA) is 77.9 Å². The normalized spacial score (nSPS) is 10.5. The number of pyridine rings is 1. The zero-order valence-corrected chi connectivity index (χ0v) is 12.4. The number of hydrogen-bond acceptors (Lipinski definition) is 6. The largest absolute Gasteiger partial charge is 0.619 e. The summed E-state index contributed by atoms with van der Waals surface area (Å²) in [5.41, 5.74) is 2.33. The van der Waals surface area contributed by atoms with Crippen LogP contribution in [0.3, 0.4) is 0 Å². The van der Waals surface area contributed by atoms with Crippen LogP contribution >= 0.6 is 11.8 Å². The molecule has 1 aromatic carbocycles. The Morgan fingerprint density at radius 2 is 2.00 bits per heavy atom. The zero-order chi connectivity index (χ0) is 15.4. The first-order valence-corrected chi connectivity index (χ1v) is 7.44. The van der Waals surface area contributed by atoms with Crippen molar-refractivity contribution in [3.05, 3.63) is 59.6 Å². The predicted octanol–water partition coefficient (Wildman–Crippen LogP) is 3.27. The Morgan fingerprint density at radius 3 is 2.77 bits per heavy atom. The smallest absolute Gasteiger partial charge is 0.277 e. The van der Waals surface area contributed by atoms with Crippen LogP contribution in [0.5, 0.6) is 0 Å². The van der Waals surface area contributed by atoms with E-state index in [9.17, 15) is 5.21 Å². The van der Waals surface area contributed by atoms with Crippen molar-refractivity contribution >= 4 is 24.2 Å². The SMILES string of the molecule is C=[N+]([O-])c1cccc(CSc2nnc(-c3ccncc3)o2)c1. The van der Waals surface area contributed by atoms with Crippen molar-refractivity contribution in [3.63, 3.8) is 0 Å². The molecule has 6 nitrogen and oxygen atoms in total. The van der Waals surface area contributed by atoms with Crippen LogP contribution in [0.25, 0.3) is 11.5 Å². The summed E-state index contributed by atoms with van der Waals surface area (Å²) >= 11 is 1.41. The molecule has 2 aromatic heterocycles. The van der Waals surface area contributed by atoms with Crippen LogP contribution in [-0.2, 0) is 5.75 Å². The second kappa shape index (κ2) is 6.40. The van der Waals surface area contributed by atoms with Gasteiger partial charge in [-0.25, -0.2) is 0 Å². The molecule has 2 heterocycles. The number of nitrogens with zero attached hydrogens (tertiary/aromatic N) is 4. The van der Waals surface area contributed by atoms with Gasteiger partial charge < -0.3 is 9.62 Å². The van der Waals surface area contributed by atoms with Crippen LogP contribution in [-0.4, -0.2) is 26.6 Å². The zero-order valence-electron chi connectivity index (χ0n) is 11.5. The number of aromatic nitrogens is 3. The lowest BCUT2D eigenvalue weighted by molar-refractivity contribution is -0.349. The number of rotatable bonds is 5. The van der Waals surface area contributed by atoms with Crippen molar-refractivity contribution in [1.29, 1.82) is 0 Å². The molecular weight excluding hydrogens is 300 g/mol. The van der Waals surface area contributed by atoms with Gasteiger partial charge in [0.1, 0.15) is 6.72 Å². The highest BCUT2D eigenvalue weighted by Crippen LogP contribution is 2.26. The van der Waals surface area contributed by atoms with E-state index in [1.54, 1.807) is 24.5 Å². The highest BCUT2D eigenvalue weighted by Gasteiger charge is 2.09. The fourth-order valence-corrected chi connectivity index (χ4v) is 2.53. The summed E-state index contributed by atoms with van der Waals surface area (Å²) in [6, 6.07) is 10.9. The van der Waals surface area contributed by atoms with E-state index >= 15 is 0 Å². The van der Waals surface area contributed by atoms with Gasteiger partial charge in [-0.05, 0) is 17.7 Å². The summed E-state index contributed by atoms with van der Waals surface area (Å²) in [5, 5.41) is 19.7. The molecule has 3 aromatic rings. The van der Waals surface area contributed by atoms with Crippen molar-refractivity contribution in [2.75, 3.05) is 0 Å². The average molecular weight is 312 g/mol. The first kappa shape index (κ1) is 14.3. The molecule has 22 heavy (non-hydrogen) atoms. The molecule has 0 saturated carbocycles. The van der Waals surface area contributed by atoms with Gasteiger partial charge in [0, 0.05) is 35.8 Å². The highest BCUT2D eigenvalue weighted by molar-refractivity contribution is 7.98. The van der Waals surface area contributed by atoms with Crippen LogP contribution in [0, 0.1) is 5.21 Å². The molecule has 0 aliphatic carbocycles. The summed E-state index contributed by atoms with van der Waals surface area (Å²) in [6.45, 7) is 3.33. The van der Waals surface area contributed by atoms with E-state index in [0.717, 1.165) is 11.1 Å². The summed E-state index contributed by atoms with van der Waals surface area (Å²) in [5.74, 6) is 1.08. The van der Waals surface area contributed by atoms with Crippen LogP contribution < -0.4 is 0 Å². The third-order valence-corrected chi connectivity index (χ3v) is 3.78. The van der Waals surface area contributed by atoms with E-state index in [4.69, 9.17) is 4.42 Å². The molecule has 0 radical (unpaired) electrons. The van der Waals surface area contributed by atoms with Crippen LogP contribution in [0.1, 0.15) is 5.56 Å². The standard InChI is InChI=1S/C15H12N4O2S/c1-19(20)13-4-2-3-11(9-13)10-22-15-18-17-14(21-15)12-5-7-16-8-6-12/h2-9H,1,10H2. The van der Waals surface area contributed by atoms with Gasteiger partial charge in [-0.2, -0.15) is 4.74 Å². The minimum atomic E-state index is 0.460. The Labute approximate surface area is 131 Å². The highest BCUT2D eigenvalue weighted by atomic mass is 32.2. The molecule has 7 heteroatoms. The number of thioether (sulfide) groups is 1. The first-order valence-electron chi connectivity index (χ1n) is 6.46. The van der Waals surface area contributed by atoms with E-state index in [2.05, 4.69) is 21.9 Å². The van der Waals surface area contributed by atoms with Crippen molar-refractivity contribution in [2.24, 2.45) is 0 Å². The lowest BCUT2D eigenvalue weighted by Gasteiger charge is -2.02. The quantitative estimate of drug-likeness (QED) is 0.236. The molecule has 0 amide bonds. The van der Waals surface area contributed by atoms with E-state index in [-0.39, 0.29) is 0 Å². The van der Waals surface area contributed by atoms with Crippen molar-refractivity contribution in [2.45, 2.75) is 11.0 Å². The molecule has 0 N–H and O–H groups in total. The van der Waals surface area contributed by atoms with Crippen molar-refractivity contribution in [3.8, 4) is 11.5 Å². The first-order chi connectivity index (χ1) is 10.7. The van der Waals surface area contributed by atoms with Gasteiger partial charge in [0.25, 0.3) is 5.22 Å². The van der Waals surface area contributed by atoms with Crippen molar-refractivity contribution < 1.29 is 9.16 Å². The fourth-order valence-electron chi connectivity index (χ4n) is 1.83. The van der Waals surface area contributed by atoms with Gasteiger partial charge in [0.15, 0.2) is 0 Å². The van der Waals surface area contributed by atoms with Gasteiger partial charge >= 0.3 is 0 Å². The molecular formula is C15H12N4O2S. The summed E-state index contributed by atoms with van der Waals surface area (Å²) < 4.78 is 6.18. The molecule has 3 rings (SSSR count). The second-order valence-electron chi connectivity index (χ2n) is 4.45. The number of benzene rings is 1. The molecule has 0 fully saturated rings. The fraction of sp³-hybridized carbons (Fsp3) is 0.0667. The number of hydrogen-bond donors (Lipinski definition) is 0. The maximum Gasteiger partial charge on any atom is 0.277 e. The van der Waals surface area contributed by atoms with Gasteiger partial charge in [-0.1, -0.05) is 23.9 Å². The summed E-state index contributed by atoms with van der Waals surface area (Å²) in [7, 11) is 0. The van der Waals surface area contributed by atoms with Crippen LogP contribution in [0.2, 0.25) is 0 Å². The average Bonchev–Trinajstić information content (AvgIpc) is 3.03. The van der Waals surface area contributed by atoms with E-state index < -0.39 is 0 Å². The molecule has 0 aliphatic heterocycles. The van der Waals surface area contributed by atoms with E-state index in [1.807, 2.05) is 24.3 Å². The minimum Gasteiger partial charge on any atom is -0.619 e. The van der Waals surface area contributed by atoms with E-state index in [1.165, 1.54) is 11.8 Å². The third-order valence-electron chi connectivity index (χ3n) is 2.89. The van der Waals surface area contributed by atoms with Gasteiger partial charge in [0.05, 0.1) is 0 Å². The lowest BCUT2D eigenvalue weighted by atomic mass is 10.2. The monoisotopic (exact) mass is 312 g/mol. The Balaban J connectivity index is 1.69. The molecule has 110 valence electrons. The molecule has 0 bridgehead atoms. The molecule has 0 atom stereocenters. The maximum atomic E-state index is 11.2. The van der Waals surface area contributed by atoms with Gasteiger partial charge in [-0.3, -0.25) is 4.98 Å². The summed E-state index contributed by atoms with van der Waals surface area (Å²) in [4.78, 5) is 3.95. The molecule has 0 spiro atoms. The van der Waals surface area contributed by atoms with Crippen LogP contribution in [0.15, 0.2) is 58.4 Å². The summed E-state index contributed by atoms with van der Waals surface area (Å²) in [6.07, 6.45) is 3.34. The minimum absolute atomic E-state index is 0.460. The molecule has 0 aliphatic rings. The Bertz CT molecular complexity index is 789. The van der Waals surface area contributed by atoms with Gasteiger partial charge in [0.2, 0.25) is 11.6 Å². The third kappa shape index (κ3) is 3.32. The van der Waals surface area contributed by atoms with Crippen molar-refractivity contribution in [1.82, 2.24) is 15.2 Å². The maximum absolute atomic E-state index is 11.2. The Kier molecular flexibility index (Phi) is 4.15. The molecule has 0 saturated heterocycles. The lowest BCUT2D eigenvalue weighted by Crippen LogP contribution is -1.90. The predicted molar refractivity (Wildman–Crippen MR) is 83.9 cm³/mol.